The van der Waals surface area contributed by atoms with Gasteiger partial charge in [0.1, 0.15) is 5.52 Å². The zero-order chi connectivity index (χ0) is 17.8. The zero-order valence-electron chi connectivity index (χ0n) is 14.8. The molecule has 2 aromatic rings. The van der Waals surface area contributed by atoms with Gasteiger partial charge in [0, 0.05) is 36.0 Å². The second-order valence-corrected chi connectivity index (χ2v) is 7.69. The SMILES string of the molecule is CCCCNC(=O)C1CCC(C)N(c2ccnc3cc(Br)cnc23)C1. The molecule has 1 fully saturated rings. The Morgan fingerprint density at radius 2 is 2.24 bits per heavy atom. The van der Waals surface area contributed by atoms with Gasteiger partial charge in [-0.15, -0.1) is 0 Å². The lowest BCUT2D eigenvalue weighted by Gasteiger charge is -2.39. The van der Waals surface area contributed by atoms with Gasteiger partial charge in [0.25, 0.3) is 0 Å². The third-order valence-electron chi connectivity index (χ3n) is 4.91. The standard InChI is InChI=1S/C19H25BrN4O/c1-3-4-8-22-19(25)14-6-5-13(2)24(12-14)17-7-9-21-16-10-15(20)11-23-18(16)17/h7,9-11,13-14H,3-6,8,12H2,1-2H3,(H,22,25). The molecule has 0 aromatic carbocycles. The summed E-state index contributed by atoms with van der Waals surface area (Å²) in [7, 11) is 0. The molecular weight excluding hydrogens is 380 g/mol. The van der Waals surface area contributed by atoms with Crippen LogP contribution in [0.2, 0.25) is 0 Å². The lowest BCUT2D eigenvalue weighted by molar-refractivity contribution is -0.125. The van der Waals surface area contributed by atoms with Crippen molar-refractivity contribution in [2.24, 2.45) is 5.92 Å². The van der Waals surface area contributed by atoms with Gasteiger partial charge in [0.2, 0.25) is 5.91 Å². The van der Waals surface area contributed by atoms with E-state index < -0.39 is 0 Å². The number of aromatic nitrogens is 2. The number of fused-ring (bicyclic) bond motifs is 1. The van der Waals surface area contributed by atoms with Crippen LogP contribution in [0.15, 0.2) is 29.0 Å². The molecule has 0 spiro atoms. The van der Waals surface area contributed by atoms with Gasteiger partial charge in [0.05, 0.1) is 17.1 Å². The van der Waals surface area contributed by atoms with Gasteiger partial charge >= 0.3 is 0 Å². The Bertz CT molecular complexity index is 751. The van der Waals surface area contributed by atoms with Gasteiger partial charge < -0.3 is 10.2 Å². The number of pyridine rings is 2. The molecule has 2 atom stereocenters. The molecule has 6 heteroatoms. The number of nitrogens with zero attached hydrogens (tertiary/aromatic N) is 3. The fraction of sp³-hybridized carbons (Fsp3) is 0.526. The third kappa shape index (κ3) is 4.11. The number of carbonyl (C=O) groups is 1. The maximum atomic E-state index is 12.5. The molecule has 0 radical (unpaired) electrons. The normalized spacial score (nSPS) is 20.7. The Hall–Kier alpha value is -1.69. The van der Waals surface area contributed by atoms with Gasteiger partial charge in [-0.25, -0.2) is 0 Å². The highest BCUT2D eigenvalue weighted by atomic mass is 79.9. The molecule has 1 amide bonds. The molecule has 0 aliphatic carbocycles. The number of piperidine rings is 1. The van der Waals surface area contributed by atoms with E-state index in [4.69, 9.17) is 0 Å². The summed E-state index contributed by atoms with van der Waals surface area (Å²) < 4.78 is 0.921. The van der Waals surface area contributed by atoms with Crippen LogP contribution in [0.3, 0.4) is 0 Å². The molecule has 2 aromatic heterocycles. The number of nitrogens with one attached hydrogen (secondary N) is 1. The van der Waals surface area contributed by atoms with Crippen molar-refractivity contribution in [3.8, 4) is 0 Å². The number of anilines is 1. The van der Waals surface area contributed by atoms with E-state index in [-0.39, 0.29) is 11.8 Å². The highest BCUT2D eigenvalue weighted by Gasteiger charge is 2.30. The van der Waals surface area contributed by atoms with Crippen LogP contribution >= 0.6 is 15.9 Å². The van der Waals surface area contributed by atoms with E-state index in [9.17, 15) is 4.79 Å². The van der Waals surface area contributed by atoms with Crippen LogP contribution in [0, 0.1) is 5.92 Å². The summed E-state index contributed by atoms with van der Waals surface area (Å²) in [5.74, 6) is 0.214. The van der Waals surface area contributed by atoms with Crippen molar-refractivity contribution in [1.82, 2.24) is 15.3 Å². The van der Waals surface area contributed by atoms with Crippen LogP contribution in [0.4, 0.5) is 5.69 Å². The number of hydrogen-bond acceptors (Lipinski definition) is 4. The van der Waals surface area contributed by atoms with E-state index in [0.717, 1.165) is 60.0 Å². The lowest BCUT2D eigenvalue weighted by Crippen LogP contribution is -2.47. The van der Waals surface area contributed by atoms with Gasteiger partial charge in [-0.1, -0.05) is 13.3 Å². The summed E-state index contributed by atoms with van der Waals surface area (Å²) in [6.45, 7) is 5.86. The summed E-state index contributed by atoms with van der Waals surface area (Å²) in [5, 5.41) is 3.09. The number of amides is 1. The van der Waals surface area contributed by atoms with E-state index in [2.05, 4.69) is 50.0 Å². The molecule has 3 rings (SSSR count). The lowest BCUT2D eigenvalue weighted by atomic mass is 9.92. The van der Waals surface area contributed by atoms with Crippen LogP contribution < -0.4 is 10.2 Å². The van der Waals surface area contributed by atoms with E-state index in [1.54, 1.807) is 6.20 Å². The molecule has 1 N–H and O–H groups in total. The van der Waals surface area contributed by atoms with Crippen molar-refractivity contribution in [3.63, 3.8) is 0 Å². The summed E-state index contributed by atoms with van der Waals surface area (Å²) in [6, 6.07) is 4.38. The van der Waals surface area contributed by atoms with Crippen molar-refractivity contribution in [2.75, 3.05) is 18.0 Å². The molecule has 2 unspecified atom stereocenters. The maximum absolute atomic E-state index is 12.5. The van der Waals surface area contributed by atoms with Crippen molar-refractivity contribution >= 4 is 38.6 Å². The highest BCUT2D eigenvalue weighted by Crippen LogP contribution is 2.32. The zero-order valence-corrected chi connectivity index (χ0v) is 16.4. The number of rotatable bonds is 5. The molecule has 1 saturated heterocycles. The molecule has 5 nitrogen and oxygen atoms in total. The Morgan fingerprint density at radius 1 is 1.40 bits per heavy atom. The Labute approximate surface area is 157 Å². The third-order valence-corrected chi connectivity index (χ3v) is 5.35. The van der Waals surface area contributed by atoms with Gasteiger partial charge in [-0.2, -0.15) is 0 Å². The van der Waals surface area contributed by atoms with E-state index in [0.29, 0.717) is 6.04 Å². The smallest absolute Gasteiger partial charge is 0.224 e. The molecule has 134 valence electrons. The maximum Gasteiger partial charge on any atom is 0.224 e. The molecule has 1 aliphatic heterocycles. The van der Waals surface area contributed by atoms with Gasteiger partial charge in [-0.3, -0.25) is 14.8 Å². The molecule has 0 bridgehead atoms. The van der Waals surface area contributed by atoms with Crippen LogP contribution in [-0.4, -0.2) is 35.0 Å². The minimum atomic E-state index is 0.0340. The van der Waals surface area contributed by atoms with Crippen LogP contribution in [-0.2, 0) is 4.79 Å². The average molecular weight is 405 g/mol. The van der Waals surface area contributed by atoms with Crippen LogP contribution in [0.5, 0.6) is 0 Å². The summed E-state index contributed by atoms with van der Waals surface area (Å²) in [4.78, 5) is 23.8. The predicted molar refractivity (Wildman–Crippen MR) is 105 cm³/mol. The molecular formula is C19H25BrN4O. The number of carbonyl (C=O) groups excluding carboxylic acids is 1. The quantitative estimate of drug-likeness (QED) is 0.767. The Kier molecular flexibility index (Phi) is 5.89. The average Bonchev–Trinajstić information content (AvgIpc) is 2.61. The minimum Gasteiger partial charge on any atom is -0.366 e. The van der Waals surface area contributed by atoms with Crippen LogP contribution in [0.1, 0.15) is 39.5 Å². The van der Waals surface area contributed by atoms with E-state index in [1.807, 2.05) is 18.3 Å². The summed E-state index contributed by atoms with van der Waals surface area (Å²) in [5.41, 5.74) is 2.83. The first kappa shape index (κ1) is 18.1. The highest BCUT2D eigenvalue weighted by molar-refractivity contribution is 9.10. The molecule has 1 aliphatic rings. The number of unbranched alkanes of at least 4 members (excludes halogenated alkanes) is 1. The second-order valence-electron chi connectivity index (χ2n) is 6.77. The minimum absolute atomic E-state index is 0.0340. The van der Waals surface area contributed by atoms with Crippen molar-refractivity contribution in [2.45, 2.75) is 45.6 Å². The molecule has 3 heterocycles. The van der Waals surface area contributed by atoms with Crippen LogP contribution in [0.25, 0.3) is 11.0 Å². The molecule has 25 heavy (non-hydrogen) atoms. The summed E-state index contributed by atoms with van der Waals surface area (Å²) >= 11 is 3.45. The fourth-order valence-electron chi connectivity index (χ4n) is 3.41. The van der Waals surface area contributed by atoms with Crippen molar-refractivity contribution in [3.05, 3.63) is 29.0 Å². The predicted octanol–water partition coefficient (Wildman–Crippen LogP) is 3.91. The molecule has 0 saturated carbocycles. The first-order valence-corrected chi connectivity index (χ1v) is 9.84. The monoisotopic (exact) mass is 404 g/mol. The van der Waals surface area contributed by atoms with E-state index in [1.165, 1.54) is 0 Å². The van der Waals surface area contributed by atoms with Gasteiger partial charge in [-0.05, 0) is 54.2 Å². The topological polar surface area (TPSA) is 58.1 Å². The summed E-state index contributed by atoms with van der Waals surface area (Å²) in [6.07, 6.45) is 7.70. The first-order chi connectivity index (χ1) is 12.1. The number of halogens is 1. The van der Waals surface area contributed by atoms with Crippen molar-refractivity contribution in [1.29, 1.82) is 0 Å². The largest absolute Gasteiger partial charge is 0.366 e. The van der Waals surface area contributed by atoms with Gasteiger partial charge in [0.15, 0.2) is 0 Å². The number of hydrogen-bond donors (Lipinski definition) is 1. The first-order valence-electron chi connectivity index (χ1n) is 9.04. The Morgan fingerprint density at radius 3 is 3.04 bits per heavy atom. The Balaban J connectivity index is 1.82. The fourth-order valence-corrected chi connectivity index (χ4v) is 3.73. The van der Waals surface area contributed by atoms with Crippen molar-refractivity contribution < 1.29 is 4.79 Å². The second kappa shape index (κ2) is 8.13. The van der Waals surface area contributed by atoms with E-state index >= 15 is 0 Å².